The molecule has 0 saturated carbocycles. The van der Waals surface area contributed by atoms with Crippen molar-refractivity contribution in [3.8, 4) is 0 Å². The molecular weight excluding hydrogens is 347 g/mol. The molecule has 0 radical (unpaired) electrons. The molecule has 0 spiro atoms. The Morgan fingerprint density at radius 1 is 1.17 bits per heavy atom. The zero-order valence-corrected chi connectivity index (χ0v) is 15.3. The summed E-state index contributed by atoms with van der Waals surface area (Å²) < 4.78 is 1.68. The van der Waals surface area contributed by atoms with Crippen molar-refractivity contribution in [2.45, 2.75) is 20.4 Å². The Morgan fingerprint density at radius 2 is 1.88 bits per heavy atom. The van der Waals surface area contributed by atoms with E-state index in [1.165, 1.54) is 0 Å². The minimum Gasteiger partial charge on any atom is -0.368 e. The van der Waals surface area contributed by atoms with Gasteiger partial charge in [0.25, 0.3) is 0 Å². The molecule has 0 atom stereocenters. The predicted molar refractivity (Wildman–Crippen MR) is 97.0 cm³/mol. The van der Waals surface area contributed by atoms with Crippen molar-refractivity contribution >= 4 is 34.8 Å². The molecule has 0 aliphatic carbocycles. The van der Waals surface area contributed by atoms with Crippen LogP contribution in [-0.2, 0) is 11.3 Å². The second kappa shape index (κ2) is 7.03. The number of carbonyl (C=O) groups is 1. The Balaban J connectivity index is 1.60. The summed E-state index contributed by atoms with van der Waals surface area (Å²) in [5.74, 6) is 0.0722. The zero-order chi connectivity index (χ0) is 17.3. The molecule has 1 saturated heterocycles. The Labute approximate surface area is 151 Å². The highest BCUT2D eigenvalue weighted by atomic mass is 35.5. The van der Waals surface area contributed by atoms with Gasteiger partial charge in [0.05, 0.1) is 16.4 Å². The second-order valence-corrected chi connectivity index (χ2v) is 6.80. The van der Waals surface area contributed by atoms with E-state index in [1.54, 1.807) is 4.68 Å². The molecule has 1 aromatic carbocycles. The van der Waals surface area contributed by atoms with Crippen molar-refractivity contribution in [1.82, 2.24) is 14.7 Å². The first-order chi connectivity index (χ1) is 11.5. The van der Waals surface area contributed by atoms with Gasteiger partial charge in [-0.25, -0.2) is 0 Å². The molecule has 2 aromatic rings. The molecule has 0 bridgehead atoms. The highest BCUT2D eigenvalue weighted by Crippen LogP contribution is 2.21. The molecule has 0 N–H and O–H groups in total. The number of anilines is 1. The Hall–Kier alpha value is -1.72. The fourth-order valence-electron chi connectivity index (χ4n) is 2.94. The number of benzene rings is 1. The first-order valence-corrected chi connectivity index (χ1v) is 8.69. The number of halogens is 2. The van der Waals surface area contributed by atoms with Crippen LogP contribution in [0.3, 0.4) is 0 Å². The van der Waals surface area contributed by atoms with Gasteiger partial charge in [-0.05, 0) is 32.0 Å². The van der Waals surface area contributed by atoms with Crippen molar-refractivity contribution in [3.05, 3.63) is 45.7 Å². The van der Waals surface area contributed by atoms with Crippen LogP contribution in [0.25, 0.3) is 0 Å². The van der Waals surface area contributed by atoms with Crippen LogP contribution in [-0.4, -0.2) is 46.8 Å². The van der Waals surface area contributed by atoms with E-state index in [0.29, 0.717) is 18.1 Å². The van der Waals surface area contributed by atoms with E-state index < -0.39 is 0 Å². The molecule has 1 aromatic heterocycles. The predicted octanol–water partition coefficient (Wildman–Crippen LogP) is 3.16. The fraction of sp³-hybridized carbons (Fsp3) is 0.412. The van der Waals surface area contributed by atoms with Gasteiger partial charge in [0, 0.05) is 36.9 Å². The summed E-state index contributed by atoms with van der Waals surface area (Å²) in [5, 5.41) is 5.69. The molecule has 1 aliphatic rings. The maximum absolute atomic E-state index is 12.5. The molecule has 1 fully saturated rings. The third-order valence-corrected chi connectivity index (χ3v) is 5.17. The molecule has 2 heterocycles. The molecule has 7 heteroatoms. The summed E-state index contributed by atoms with van der Waals surface area (Å²) in [6, 6.07) is 7.81. The third kappa shape index (κ3) is 3.52. The SMILES string of the molecule is Cc1nn(CC(=O)N2CCN(c3cccc(Cl)c3)CC2)c(C)c1Cl. The topological polar surface area (TPSA) is 41.4 Å². The number of amides is 1. The van der Waals surface area contributed by atoms with E-state index in [-0.39, 0.29) is 12.5 Å². The van der Waals surface area contributed by atoms with Crippen LogP contribution in [0.15, 0.2) is 24.3 Å². The summed E-state index contributed by atoms with van der Waals surface area (Å²) in [4.78, 5) is 16.6. The van der Waals surface area contributed by atoms with Gasteiger partial charge in [-0.3, -0.25) is 9.48 Å². The molecule has 1 aliphatic heterocycles. The van der Waals surface area contributed by atoms with Gasteiger partial charge >= 0.3 is 0 Å². The van der Waals surface area contributed by atoms with Crippen LogP contribution in [0.4, 0.5) is 5.69 Å². The summed E-state index contributed by atoms with van der Waals surface area (Å²) in [5.41, 5.74) is 2.69. The van der Waals surface area contributed by atoms with Crippen LogP contribution in [0.2, 0.25) is 10.0 Å². The van der Waals surface area contributed by atoms with Crippen LogP contribution in [0, 0.1) is 13.8 Å². The summed E-state index contributed by atoms with van der Waals surface area (Å²) >= 11 is 12.2. The normalized spacial score (nSPS) is 15.0. The smallest absolute Gasteiger partial charge is 0.244 e. The number of aryl methyl sites for hydroxylation is 1. The number of rotatable bonds is 3. The van der Waals surface area contributed by atoms with Gasteiger partial charge in [0.1, 0.15) is 6.54 Å². The van der Waals surface area contributed by atoms with Crippen molar-refractivity contribution in [2.75, 3.05) is 31.1 Å². The molecule has 0 unspecified atom stereocenters. The number of aromatic nitrogens is 2. The van der Waals surface area contributed by atoms with Gasteiger partial charge in [-0.1, -0.05) is 29.3 Å². The zero-order valence-electron chi connectivity index (χ0n) is 13.8. The quantitative estimate of drug-likeness (QED) is 0.837. The Bertz CT molecular complexity index is 751. The molecule has 1 amide bonds. The maximum atomic E-state index is 12.5. The number of piperazine rings is 1. The molecule has 3 rings (SSSR count). The largest absolute Gasteiger partial charge is 0.368 e. The first-order valence-electron chi connectivity index (χ1n) is 7.93. The van der Waals surface area contributed by atoms with E-state index >= 15 is 0 Å². The summed E-state index contributed by atoms with van der Waals surface area (Å²) in [6.45, 7) is 6.94. The minimum atomic E-state index is 0.0722. The number of nitrogens with zero attached hydrogens (tertiary/aromatic N) is 4. The average Bonchev–Trinajstić information content (AvgIpc) is 2.82. The molecular formula is C17H20Cl2N4O. The number of hydrogen-bond donors (Lipinski definition) is 0. The fourth-order valence-corrected chi connectivity index (χ4v) is 3.26. The lowest BCUT2D eigenvalue weighted by Crippen LogP contribution is -2.49. The summed E-state index contributed by atoms with van der Waals surface area (Å²) in [7, 11) is 0. The van der Waals surface area contributed by atoms with E-state index in [2.05, 4.69) is 10.00 Å². The third-order valence-electron chi connectivity index (χ3n) is 4.38. The van der Waals surface area contributed by atoms with Crippen molar-refractivity contribution in [2.24, 2.45) is 0 Å². The lowest BCUT2D eigenvalue weighted by atomic mass is 10.2. The van der Waals surface area contributed by atoms with Crippen molar-refractivity contribution in [3.63, 3.8) is 0 Å². The highest BCUT2D eigenvalue weighted by molar-refractivity contribution is 6.31. The standard InChI is InChI=1S/C17H20Cl2N4O/c1-12-17(19)13(2)23(20-12)11-16(24)22-8-6-21(7-9-22)15-5-3-4-14(18)10-15/h3-5,10H,6-9,11H2,1-2H3. The Morgan fingerprint density at radius 3 is 2.46 bits per heavy atom. The van der Waals surface area contributed by atoms with E-state index in [9.17, 15) is 4.79 Å². The number of hydrogen-bond acceptors (Lipinski definition) is 3. The van der Waals surface area contributed by atoms with Gasteiger partial charge in [0.15, 0.2) is 0 Å². The van der Waals surface area contributed by atoms with Crippen LogP contribution >= 0.6 is 23.2 Å². The maximum Gasteiger partial charge on any atom is 0.244 e. The van der Waals surface area contributed by atoms with Gasteiger partial charge in [-0.15, -0.1) is 0 Å². The molecule has 5 nitrogen and oxygen atoms in total. The monoisotopic (exact) mass is 366 g/mol. The minimum absolute atomic E-state index is 0.0722. The van der Waals surface area contributed by atoms with Crippen molar-refractivity contribution in [1.29, 1.82) is 0 Å². The number of carbonyl (C=O) groups excluding carboxylic acids is 1. The van der Waals surface area contributed by atoms with Crippen LogP contribution < -0.4 is 4.90 Å². The molecule has 128 valence electrons. The van der Waals surface area contributed by atoms with Gasteiger partial charge in [-0.2, -0.15) is 5.10 Å². The highest BCUT2D eigenvalue weighted by Gasteiger charge is 2.22. The van der Waals surface area contributed by atoms with Crippen LogP contribution in [0.1, 0.15) is 11.4 Å². The van der Waals surface area contributed by atoms with E-state index in [1.807, 2.05) is 43.0 Å². The first kappa shape index (κ1) is 17.1. The average molecular weight is 367 g/mol. The van der Waals surface area contributed by atoms with Gasteiger partial charge < -0.3 is 9.80 Å². The molecule has 24 heavy (non-hydrogen) atoms. The summed E-state index contributed by atoms with van der Waals surface area (Å²) in [6.07, 6.45) is 0. The van der Waals surface area contributed by atoms with Gasteiger partial charge in [0.2, 0.25) is 5.91 Å². The second-order valence-electron chi connectivity index (χ2n) is 5.99. The van der Waals surface area contributed by atoms with E-state index in [4.69, 9.17) is 23.2 Å². The Kier molecular flexibility index (Phi) is 5.01. The van der Waals surface area contributed by atoms with Crippen LogP contribution in [0.5, 0.6) is 0 Å². The lowest BCUT2D eigenvalue weighted by Gasteiger charge is -2.36. The van der Waals surface area contributed by atoms with Crippen molar-refractivity contribution < 1.29 is 4.79 Å². The van der Waals surface area contributed by atoms with E-state index in [0.717, 1.165) is 35.2 Å². The lowest BCUT2D eigenvalue weighted by molar-refractivity contribution is -0.132.